The fourth-order valence-corrected chi connectivity index (χ4v) is 1.67. The molecular formula is C16H17NO3. The maximum absolute atomic E-state index is 11.6. The quantitative estimate of drug-likeness (QED) is 0.821. The third kappa shape index (κ3) is 4.31. The highest BCUT2D eigenvalue weighted by atomic mass is 16.5. The second-order valence-corrected chi connectivity index (χ2v) is 4.23. The van der Waals surface area contributed by atoms with E-state index in [2.05, 4.69) is 5.32 Å². The van der Waals surface area contributed by atoms with Crippen molar-refractivity contribution in [3.8, 4) is 5.75 Å². The van der Waals surface area contributed by atoms with Crippen LogP contribution in [-0.2, 0) is 16.1 Å². The number of esters is 1. The van der Waals surface area contributed by atoms with Crippen LogP contribution in [0.2, 0.25) is 0 Å². The highest BCUT2D eigenvalue weighted by Crippen LogP contribution is 2.12. The number of para-hydroxylation sites is 1. The zero-order valence-electron chi connectivity index (χ0n) is 11.3. The molecule has 4 nitrogen and oxygen atoms in total. The molecule has 0 saturated heterocycles. The van der Waals surface area contributed by atoms with Gasteiger partial charge in [-0.05, 0) is 29.8 Å². The standard InChI is InChI=1S/C16H17NO3/c1-19-15-9-7-13(8-10-15)12-20-16(18)11-17-14-5-3-2-4-6-14/h2-10,17H,11-12H2,1H3. The average molecular weight is 271 g/mol. The largest absolute Gasteiger partial charge is 0.497 e. The van der Waals surface area contributed by atoms with E-state index in [-0.39, 0.29) is 19.1 Å². The lowest BCUT2D eigenvalue weighted by Crippen LogP contribution is -2.16. The Morgan fingerprint density at radius 2 is 1.75 bits per heavy atom. The molecule has 0 spiro atoms. The van der Waals surface area contributed by atoms with Crippen LogP contribution in [-0.4, -0.2) is 19.6 Å². The summed E-state index contributed by atoms with van der Waals surface area (Å²) < 4.78 is 10.2. The van der Waals surface area contributed by atoms with Gasteiger partial charge in [0.05, 0.1) is 7.11 Å². The van der Waals surface area contributed by atoms with Crippen LogP contribution in [0.25, 0.3) is 0 Å². The SMILES string of the molecule is COc1ccc(COC(=O)CNc2ccccc2)cc1. The molecule has 0 bridgehead atoms. The van der Waals surface area contributed by atoms with Crippen LogP contribution >= 0.6 is 0 Å². The van der Waals surface area contributed by atoms with Crippen LogP contribution in [0.4, 0.5) is 5.69 Å². The van der Waals surface area contributed by atoms with Crippen LogP contribution in [0.1, 0.15) is 5.56 Å². The lowest BCUT2D eigenvalue weighted by molar-refractivity contribution is -0.142. The third-order valence-electron chi connectivity index (χ3n) is 2.77. The highest BCUT2D eigenvalue weighted by Gasteiger charge is 2.03. The number of nitrogens with one attached hydrogen (secondary N) is 1. The van der Waals surface area contributed by atoms with Gasteiger partial charge in [0.15, 0.2) is 0 Å². The Morgan fingerprint density at radius 3 is 2.40 bits per heavy atom. The maximum Gasteiger partial charge on any atom is 0.325 e. The van der Waals surface area contributed by atoms with Gasteiger partial charge in [0, 0.05) is 5.69 Å². The summed E-state index contributed by atoms with van der Waals surface area (Å²) >= 11 is 0. The van der Waals surface area contributed by atoms with Crippen molar-refractivity contribution in [3.05, 3.63) is 60.2 Å². The number of benzene rings is 2. The van der Waals surface area contributed by atoms with Crippen molar-refractivity contribution in [1.82, 2.24) is 0 Å². The molecule has 0 aromatic heterocycles. The Hall–Kier alpha value is -2.49. The smallest absolute Gasteiger partial charge is 0.325 e. The summed E-state index contributed by atoms with van der Waals surface area (Å²) in [6.07, 6.45) is 0. The summed E-state index contributed by atoms with van der Waals surface area (Å²) in [6.45, 7) is 0.416. The lowest BCUT2D eigenvalue weighted by atomic mass is 10.2. The zero-order chi connectivity index (χ0) is 14.2. The highest BCUT2D eigenvalue weighted by molar-refractivity contribution is 5.74. The molecule has 2 rings (SSSR count). The first-order valence-electron chi connectivity index (χ1n) is 6.35. The van der Waals surface area contributed by atoms with Gasteiger partial charge in [0.25, 0.3) is 0 Å². The minimum atomic E-state index is -0.287. The number of hydrogen-bond donors (Lipinski definition) is 1. The van der Waals surface area contributed by atoms with E-state index in [1.165, 1.54) is 0 Å². The molecule has 2 aromatic carbocycles. The second kappa shape index (κ2) is 7.19. The van der Waals surface area contributed by atoms with Crippen molar-refractivity contribution < 1.29 is 14.3 Å². The Labute approximate surface area is 118 Å². The minimum Gasteiger partial charge on any atom is -0.497 e. The Balaban J connectivity index is 1.74. The van der Waals surface area contributed by atoms with Crippen LogP contribution in [0.3, 0.4) is 0 Å². The van der Waals surface area contributed by atoms with Gasteiger partial charge in [-0.15, -0.1) is 0 Å². The number of carbonyl (C=O) groups excluding carboxylic acids is 1. The van der Waals surface area contributed by atoms with E-state index >= 15 is 0 Å². The van der Waals surface area contributed by atoms with E-state index in [4.69, 9.17) is 9.47 Å². The van der Waals surface area contributed by atoms with E-state index in [1.54, 1.807) is 7.11 Å². The van der Waals surface area contributed by atoms with Gasteiger partial charge >= 0.3 is 5.97 Å². The molecule has 0 fully saturated rings. The molecule has 0 saturated carbocycles. The average Bonchev–Trinajstić information content (AvgIpc) is 2.52. The first-order chi connectivity index (χ1) is 9.78. The molecule has 0 atom stereocenters. The van der Waals surface area contributed by atoms with Gasteiger partial charge in [0.2, 0.25) is 0 Å². The van der Waals surface area contributed by atoms with E-state index in [9.17, 15) is 4.79 Å². The monoisotopic (exact) mass is 271 g/mol. The molecule has 0 radical (unpaired) electrons. The van der Waals surface area contributed by atoms with Gasteiger partial charge in [-0.3, -0.25) is 4.79 Å². The summed E-state index contributed by atoms with van der Waals surface area (Å²) in [5, 5.41) is 3.00. The number of ether oxygens (including phenoxy) is 2. The van der Waals surface area contributed by atoms with Crippen molar-refractivity contribution in [2.75, 3.05) is 19.0 Å². The Morgan fingerprint density at radius 1 is 1.05 bits per heavy atom. The predicted molar refractivity (Wildman–Crippen MR) is 77.7 cm³/mol. The Bertz CT molecular complexity index is 537. The van der Waals surface area contributed by atoms with Crippen molar-refractivity contribution in [1.29, 1.82) is 0 Å². The van der Waals surface area contributed by atoms with Crippen molar-refractivity contribution >= 4 is 11.7 Å². The first-order valence-corrected chi connectivity index (χ1v) is 6.35. The molecule has 0 aliphatic heterocycles. The van der Waals surface area contributed by atoms with Crippen molar-refractivity contribution in [2.45, 2.75) is 6.61 Å². The lowest BCUT2D eigenvalue weighted by Gasteiger charge is -2.07. The number of hydrogen-bond acceptors (Lipinski definition) is 4. The molecule has 2 aromatic rings. The maximum atomic E-state index is 11.6. The van der Waals surface area contributed by atoms with Gasteiger partial charge in [-0.1, -0.05) is 30.3 Å². The molecule has 0 heterocycles. The molecule has 20 heavy (non-hydrogen) atoms. The van der Waals surface area contributed by atoms with Crippen LogP contribution in [0.5, 0.6) is 5.75 Å². The summed E-state index contributed by atoms with van der Waals surface area (Å²) in [6, 6.07) is 17.0. The molecule has 4 heteroatoms. The number of rotatable bonds is 6. The number of methoxy groups -OCH3 is 1. The first kappa shape index (κ1) is 13.9. The van der Waals surface area contributed by atoms with Crippen LogP contribution in [0.15, 0.2) is 54.6 Å². The van der Waals surface area contributed by atoms with Gasteiger partial charge < -0.3 is 14.8 Å². The normalized spacial score (nSPS) is 9.85. The van der Waals surface area contributed by atoms with Gasteiger partial charge in [-0.2, -0.15) is 0 Å². The van der Waals surface area contributed by atoms with Crippen molar-refractivity contribution in [2.24, 2.45) is 0 Å². The minimum absolute atomic E-state index is 0.153. The van der Waals surface area contributed by atoms with E-state index < -0.39 is 0 Å². The van der Waals surface area contributed by atoms with Crippen LogP contribution in [0, 0.1) is 0 Å². The molecule has 0 aliphatic carbocycles. The molecule has 0 amide bonds. The van der Waals surface area contributed by atoms with Crippen LogP contribution < -0.4 is 10.1 Å². The summed E-state index contributed by atoms with van der Waals surface area (Å²) in [7, 11) is 1.62. The summed E-state index contributed by atoms with van der Waals surface area (Å²) in [4.78, 5) is 11.6. The molecule has 0 aliphatic rings. The fourth-order valence-electron chi connectivity index (χ4n) is 1.67. The molecular weight excluding hydrogens is 254 g/mol. The number of anilines is 1. The summed E-state index contributed by atoms with van der Waals surface area (Å²) in [5.41, 5.74) is 1.83. The molecule has 0 unspecified atom stereocenters. The third-order valence-corrected chi connectivity index (χ3v) is 2.77. The van der Waals surface area contributed by atoms with Crippen molar-refractivity contribution in [3.63, 3.8) is 0 Å². The van der Waals surface area contributed by atoms with E-state index in [0.29, 0.717) is 0 Å². The zero-order valence-corrected chi connectivity index (χ0v) is 11.3. The molecule has 1 N–H and O–H groups in total. The van der Waals surface area contributed by atoms with Gasteiger partial charge in [0.1, 0.15) is 18.9 Å². The Kier molecular flexibility index (Phi) is 5.00. The van der Waals surface area contributed by atoms with E-state index in [0.717, 1.165) is 17.0 Å². The fraction of sp³-hybridized carbons (Fsp3) is 0.188. The van der Waals surface area contributed by atoms with E-state index in [1.807, 2.05) is 54.6 Å². The number of carbonyl (C=O) groups is 1. The topological polar surface area (TPSA) is 47.6 Å². The predicted octanol–water partition coefficient (Wildman–Crippen LogP) is 2.85. The van der Waals surface area contributed by atoms with Gasteiger partial charge in [-0.25, -0.2) is 0 Å². The molecule has 104 valence electrons. The summed E-state index contributed by atoms with van der Waals surface area (Å²) in [5.74, 6) is 0.496. The second-order valence-electron chi connectivity index (χ2n) is 4.23.